The Kier molecular flexibility index (Phi) is 41.8. The van der Waals surface area contributed by atoms with Crippen molar-refractivity contribution < 1.29 is 28.6 Å². The summed E-state index contributed by atoms with van der Waals surface area (Å²) in [6.07, 6.45) is 42.3. The van der Waals surface area contributed by atoms with Crippen LogP contribution in [-0.4, -0.2) is 37.2 Å². The van der Waals surface area contributed by atoms with Crippen molar-refractivity contribution >= 4 is 17.9 Å². The summed E-state index contributed by atoms with van der Waals surface area (Å²) < 4.78 is 16.7. The van der Waals surface area contributed by atoms with E-state index in [0.717, 1.165) is 69.6 Å². The number of carbonyl (C=O) groups is 3. The third kappa shape index (κ3) is 40.6. The lowest BCUT2D eigenvalue weighted by Gasteiger charge is -2.18. The maximum Gasteiger partial charge on any atom is 0.306 e. The maximum atomic E-state index is 12.7. The molecule has 332 valence electrons. The van der Waals surface area contributed by atoms with Crippen molar-refractivity contribution in [1.29, 1.82) is 0 Å². The number of hydrogen-bond acceptors (Lipinski definition) is 6. The highest BCUT2D eigenvalue weighted by molar-refractivity contribution is 5.71. The van der Waals surface area contributed by atoms with Crippen molar-refractivity contribution in [3.63, 3.8) is 0 Å². The average molecular weight is 793 g/mol. The number of hydrogen-bond donors (Lipinski definition) is 0. The second-order valence-electron chi connectivity index (χ2n) is 17.6. The summed E-state index contributed by atoms with van der Waals surface area (Å²) in [6, 6.07) is 0. The van der Waals surface area contributed by atoms with Crippen LogP contribution in [0.3, 0.4) is 0 Å². The average Bonchev–Trinajstić information content (AvgIpc) is 3.19. The molecule has 6 heteroatoms. The van der Waals surface area contributed by atoms with Gasteiger partial charge in [-0.1, -0.05) is 234 Å². The van der Waals surface area contributed by atoms with Gasteiger partial charge in [0.1, 0.15) is 13.2 Å². The van der Waals surface area contributed by atoms with Crippen LogP contribution in [0.1, 0.15) is 272 Å². The second-order valence-corrected chi connectivity index (χ2v) is 17.6. The Labute approximate surface area is 348 Å². The molecule has 0 aliphatic heterocycles. The third-order valence-corrected chi connectivity index (χ3v) is 11.9. The molecule has 0 saturated heterocycles. The number of esters is 3. The van der Waals surface area contributed by atoms with Crippen LogP contribution in [0.2, 0.25) is 0 Å². The van der Waals surface area contributed by atoms with E-state index < -0.39 is 6.10 Å². The Balaban J connectivity index is 4.25. The van der Waals surface area contributed by atoms with E-state index in [9.17, 15) is 14.4 Å². The van der Waals surface area contributed by atoms with E-state index in [1.807, 2.05) is 0 Å². The summed E-state index contributed by atoms with van der Waals surface area (Å²) in [4.78, 5) is 37.8. The minimum atomic E-state index is -0.761. The molecule has 2 unspecified atom stereocenters. The van der Waals surface area contributed by atoms with Gasteiger partial charge in [0.05, 0.1) is 0 Å². The van der Waals surface area contributed by atoms with Gasteiger partial charge in [-0.3, -0.25) is 14.4 Å². The molecular formula is C50H96O6. The molecule has 0 aromatic heterocycles. The molecule has 0 saturated carbocycles. The molecule has 0 aromatic carbocycles. The van der Waals surface area contributed by atoms with E-state index >= 15 is 0 Å². The molecule has 0 aliphatic carbocycles. The number of unbranched alkanes of at least 4 members (excludes halogenated alkanes) is 27. The molecule has 0 bridgehead atoms. The van der Waals surface area contributed by atoms with Gasteiger partial charge in [0.25, 0.3) is 0 Å². The number of carbonyl (C=O) groups excluding carboxylic acids is 3. The second kappa shape index (κ2) is 43.0. The van der Waals surface area contributed by atoms with E-state index in [1.54, 1.807) is 0 Å². The van der Waals surface area contributed by atoms with Gasteiger partial charge in [-0.2, -0.15) is 0 Å². The van der Waals surface area contributed by atoms with Crippen LogP contribution < -0.4 is 0 Å². The van der Waals surface area contributed by atoms with Crippen molar-refractivity contribution in [2.45, 2.75) is 278 Å². The Morgan fingerprint density at radius 2 is 0.625 bits per heavy atom. The zero-order chi connectivity index (χ0) is 41.2. The molecule has 0 aliphatic rings. The van der Waals surface area contributed by atoms with Gasteiger partial charge in [-0.05, 0) is 31.1 Å². The first kappa shape index (κ1) is 54.4. The third-order valence-electron chi connectivity index (χ3n) is 11.9. The summed E-state index contributed by atoms with van der Waals surface area (Å²) in [5, 5.41) is 0. The first-order chi connectivity index (χ1) is 27.3. The Bertz CT molecular complexity index is 858. The fourth-order valence-electron chi connectivity index (χ4n) is 7.39. The number of rotatable bonds is 44. The van der Waals surface area contributed by atoms with Gasteiger partial charge in [-0.25, -0.2) is 0 Å². The van der Waals surface area contributed by atoms with Gasteiger partial charge in [0.2, 0.25) is 0 Å². The Hall–Kier alpha value is -1.59. The predicted octanol–water partition coefficient (Wildman–Crippen LogP) is 15.8. The zero-order valence-electron chi connectivity index (χ0n) is 38.3. The highest BCUT2D eigenvalue weighted by Gasteiger charge is 2.19. The molecular weight excluding hydrogens is 697 g/mol. The predicted molar refractivity (Wildman–Crippen MR) is 238 cm³/mol. The van der Waals surface area contributed by atoms with E-state index in [-0.39, 0.29) is 31.1 Å². The van der Waals surface area contributed by atoms with E-state index in [2.05, 4.69) is 34.6 Å². The molecule has 0 rings (SSSR count). The van der Waals surface area contributed by atoms with Crippen molar-refractivity contribution in [3.8, 4) is 0 Å². The molecule has 0 heterocycles. The van der Waals surface area contributed by atoms with Crippen LogP contribution in [0.25, 0.3) is 0 Å². The molecule has 3 atom stereocenters. The maximum absolute atomic E-state index is 12.7. The van der Waals surface area contributed by atoms with Gasteiger partial charge in [0, 0.05) is 19.3 Å². The van der Waals surface area contributed by atoms with Gasteiger partial charge >= 0.3 is 17.9 Å². The highest BCUT2D eigenvalue weighted by atomic mass is 16.6. The summed E-state index contributed by atoms with van der Waals surface area (Å²) in [5.74, 6) is 0.854. The van der Waals surface area contributed by atoms with Crippen LogP contribution in [0.15, 0.2) is 0 Å². The van der Waals surface area contributed by atoms with Crippen molar-refractivity contribution in [3.05, 3.63) is 0 Å². The monoisotopic (exact) mass is 793 g/mol. The molecule has 6 nitrogen and oxygen atoms in total. The summed E-state index contributed by atoms with van der Waals surface area (Å²) in [7, 11) is 0. The zero-order valence-corrected chi connectivity index (χ0v) is 38.3. The largest absolute Gasteiger partial charge is 0.462 e. The molecule has 0 spiro atoms. The van der Waals surface area contributed by atoms with Crippen LogP contribution in [0.5, 0.6) is 0 Å². The summed E-state index contributed by atoms with van der Waals surface area (Å²) in [6.45, 7) is 11.4. The van der Waals surface area contributed by atoms with Crippen molar-refractivity contribution in [1.82, 2.24) is 0 Å². The van der Waals surface area contributed by atoms with Crippen molar-refractivity contribution in [2.24, 2.45) is 11.8 Å². The standard InChI is InChI=1S/C50H96O6/c1-6-9-10-11-12-13-21-25-32-37-42-50(53)56-47(44-55-49(52)41-36-31-27-26-29-34-39-46(5)8-3)43-54-48(51)40-35-30-24-22-19-17-15-14-16-18-20-23-28-33-38-45(4)7-2/h45-47H,6-44H2,1-5H3/t45?,46?,47-/m0/s1. The lowest BCUT2D eigenvalue weighted by atomic mass is 9.99. The minimum Gasteiger partial charge on any atom is -0.462 e. The first-order valence-corrected chi connectivity index (χ1v) is 24.8. The SMILES string of the molecule is CCCCCCCCCCCCC(=O)O[C@@H](COC(=O)CCCCCCCCCCCCCCCCC(C)CC)COC(=O)CCCCCCCCC(C)CC. The molecule has 56 heavy (non-hydrogen) atoms. The molecule has 0 N–H and O–H groups in total. The van der Waals surface area contributed by atoms with Crippen LogP contribution in [0.4, 0.5) is 0 Å². The molecule has 0 aromatic rings. The fourth-order valence-corrected chi connectivity index (χ4v) is 7.39. The fraction of sp³-hybridized carbons (Fsp3) is 0.940. The van der Waals surface area contributed by atoms with Crippen LogP contribution >= 0.6 is 0 Å². The van der Waals surface area contributed by atoms with E-state index in [1.165, 1.54) is 161 Å². The van der Waals surface area contributed by atoms with Crippen molar-refractivity contribution in [2.75, 3.05) is 13.2 Å². The summed E-state index contributed by atoms with van der Waals surface area (Å²) in [5.41, 5.74) is 0. The lowest BCUT2D eigenvalue weighted by Crippen LogP contribution is -2.30. The molecule has 0 amide bonds. The normalized spacial score (nSPS) is 13.0. The number of ether oxygens (including phenoxy) is 3. The van der Waals surface area contributed by atoms with E-state index in [0.29, 0.717) is 19.3 Å². The minimum absolute atomic E-state index is 0.0647. The highest BCUT2D eigenvalue weighted by Crippen LogP contribution is 2.18. The topological polar surface area (TPSA) is 78.9 Å². The van der Waals surface area contributed by atoms with Crippen LogP contribution in [-0.2, 0) is 28.6 Å². The van der Waals surface area contributed by atoms with Gasteiger partial charge in [0.15, 0.2) is 6.10 Å². The van der Waals surface area contributed by atoms with E-state index in [4.69, 9.17) is 14.2 Å². The Morgan fingerprint density at radius 1 is 0.357 bits per heavy atom. The van der Waals surface area contributed by atoms with Crippen LogP contribution in [0, 0.1) is 11.8 Å². The lowest BCUT2D eigenvalue weighted by molar-refractivity contribution is -0.167. The Morgan fingerprint density at radius 3 is 0.929 bits per heavy atom. The molecule has 0 fully saturated rings. The smallest absolute Gasteiger partial charge is 0.306 e. The summed E-state index contributed by atoms with van der Waals surface area (Å²) >= 11 is 0. The molecule has 0 radical (unpaired) electrons. The van der Waals surface area contributed by atoms with Gasteiger partial charge < -0.3 is 14.2 Å². The quantitative estimate of drug-likeness (QED) is 0.0347. The first-order valence-electron chi connectivity index (χ1n) is 24.8. The van der Waals surface area contributed by atoms with Gasteiger partial charge in [-0.15, -0.1) is 0 Å².